The first kappa shape index (κ1) is 8.53. The number of likely N-dealkylation sites (tertiary alicyclic amines) is 1. The van der Waals surface area contributed by atoms with Gasteiger partial charge in [-0.3, -0.25) is 9.69 Å². The van der Waals surface area contributed by atoms with Crippen molar-refractivity contribution in [2.75, 3.05) is 26.8 Å². The Morgan fingerprint density at radius 3 is 2.45 bits per heavy atom. The smallest absolute Gasteiger partial charge is 0.220 e. The SMILES string of the molecule is CC(=O)N(C)CN1CCCC1. The summed E-state index contributed by atoms with van der Waals surface area (Å²) >= 11 is 0. The predicted octanol–water partition coefficient (Wildman–Crippen LogP) is 0.518. The van der Waals surface area contributed by atoms with Gasteiger partial charge in [-0.2, -0.15) is 0 Å². The molecule has 0 aromatic rings. The molecule has 0 radical (unpaired) electrons. The van der Waals surface area contributed by atoms with E-state index < -0.39 is 0 Å². The van der Waals surface area contributed by atoms with Crippen molar-refractivity contribution in [2.24, 2.45) is 0 Å². The van der Waals surface area contributed by atoms with Gasteiger partial charge in [0.15, 0.2) is 0 Å². The molecule has 0 aromatic heterocycles. The Kier molecular flexibility index (Phi) is 2.88. The number of nitrogens with zero attached hydrogens (tertiary/aromatic N) is 2. The monoisotopic (exact) mass is 156 g/mol. The number of carbonyl (C=O) groups excluding carboxylic acids is 1. The number of carbonyl (C=O) groups is 1. The van der Waals surface area contributed by atoms with E-state index in [0.29, 0.717) is 0 Å². The molecule has 0 saturated carbocycles. The third-order valence-corrected chi connectivity index (χ3v) is 2.15. The van der Waals surface area contributed by atoms with Crippen LogP contribution in [0.3, 0.4) is 0 Å². The van der Waals surface area contributed by atoms with E-state index in [2.05, 4.69) is 4.90 Å². The van der Waals surface area contributed by atoms with Crippen molar-refractivity contribution < 1.29 is 4.79 Å². The summed E-state index contributed by atoms with van der Waals surface area (Å²) in [6.45, 7) is 4.71. The minimum Gasteiger partial charge on any atom is -0.333 e. The average Bonchev–Trinajstić information content (AvgIpc) is 2.39. The summed E-state index contributed by atoms with van der Waals surface area (Å²) in [6.07, 6.45) is 2.57. The van der Waals surface area contributed by atoms with E-state index in [4.69, 9.17) is 0 Å². The van der Waals surface area contributed by atoms with Crippen molar-refractivity contribution in [3.63, 3.8) is 0 Å². The van der Waals surface area contributed by atoms with Crippen molar-refractivity contribution in [3.8, 4) is 0 Å². The summed E-state index contributed by atoms with van der Waals surface area (Å²) in [5.74, 6) is 0.150. The molecule has 0 spiro atoms. The second kappa shape index (κ2) is 3.72. The van der Waals surface area contributed by atoms with Gasteiger partial charge in [0.2, 0.25) is 5.91 Å². The van der Waals surface area contributed by atoms with E-state index in [1.165, 1.54) is 12.8 Å². The molecule has 1 amide bonds. The van der Waals surface area contributed by atoms with E-state index >= 15 is 0 Å². The molecule has 3 nitrogen and oxygen atoms in total. The zero-order valence-corrected chi connectivity index (χ0v) is 7.34. The summed E-state index contributed by atoms with van der Waals surface area (Å²) in [6, 6.07) is 0. The first-order valence-electron chi connectivity index (χ1n) is 4.14. The largest absolute Gasteiger partial charge is 0.333 e. The van der Waals surface area contributed by atoms with Crippen LogP contribution in [0.4, 0.5) is 0 Å². The molecule has 1 aliphatic rings. The first-order valence-corrected chi connectivity index (χ1v) is 4.14. The fourth-order valence-corrected chi connectivity index (χ4v) is 1.32. The molecular weight excluding hydrogens is 140 g/mol. The van der Waals surface area contributed by atoms with Gasteiger partial charge >= 0.3 is 0 Å². The predicted molar refractivity (Wildman–Crippen MR) is 44.1 cm³/mol. The molecule has 0 atom stereocenters. The Balaban J connectivity index is 2.23. The van der Waals surface area contributed by atoms with Crippen LogP contribution in [0, 0.1) is 0 Å². The van der Waals surface area contributed by atoms with Crippen molar-refractivity contribution in [1.29, 1.82) is 0 Å². The molecule has 64 valence electrons. The maximum Gasteiger partial charge on any atom is 0.220 e. The Morgan fingerprint density at radius 1 is 1.45 bits per heavy atom. The molecule has 11 heavy (non-hydrogen) atoms. The van der Waals surface area contributed by atoms with Gasteiger partial charge in [-0.1, -0.05) is 0 Å². The van der Waals surface area contributed by atoms with Crippen molar-refractivity contribution in [3.05, 3.63) is 0 Å². The Bertz CT molecular complexity index is 141. The normalized spacial score (nSPS) is 18.7. The van der Waals surface area contributed by atoms with Gasteiger partial charge in [-0.15, -0.1) is 0 Å². The second-order valence-electron chi connectivity index (χ2n) is 3.18. The zero-order chi connectivity index (χ0) is 8.27. The topological polar surface area (TPSA) is 23.6 Å². The molecule has 1 fully saturated rings. The first-order chi connectivity index (χ1) is 5.20. The Hall–Kier alpha value is -0.570. The van der Waals surface area contributed by atoms with Crippen LogP contribution in [-0.2, 0) is 4.79 Å². The molecule has 1 rings (SSSR count). The third kappa shape index (κ3) is 2.50. The number of amides is 1. The highest BCUT2D eigenvalue weighted by atomic mass is 16.2. The summed E-state index contributed by atoms with van der Waals surface area (Å²) < 4.78 is 0. The summed E-state index contributed by atoms with van der Waals surface area (Å²) in [4.78, 5) is 14.9. The lowest BCUT2D eigenvalue weighted by Crippen LogP contribution is -2.36. The van der Waals surface area contributed by atoms with Gasteiger partial charge in [0.25, 0.3) is 0 Å². The van der Waals surface area contributed by atoms with E-state index in [1.807, 2.05) is 7.05 Å². The minimum absolute atomic E-state index is 0.150. The maximum absolute atomic E-state index is 10.8. The molecule has 1 aliphatic heterocycles. The lowest BCUT2D eigenvalue weighted by Gasteiger charge is -2.22. The lowest BCUT2D eigenvalue weighted by atomic mass is 10.4. The zero-order valence-electron chi connectivity index (χ0n) is 7.34. The highest BCUT2D eigenvalue weighted by molar-refractivity contribution is 5.72. The number of hydrogen-bond acceptors (Lipinski definition) is 2. The Morgan fingerprint density at radius 2 is 2.00 bits per heavy atom. The van der Waals surface area contributed by atoms with Crippen LogP contribution >= 0.6 is 0 Å². The van der Waals surface area contributed by atoms with Gasteiger partial charge in [0.05, 0.1) is 6.67 Å². The molecule has 0 unspecified atom stereocenters. The van der Waals surface area contributed by atoms with E-state index in [9.17, 15) is 4.79 Å². The van der Waals surface area contributed by atoms with Crippen molar-refractivity contribution in [2.45, 2.75) is 19.8 Å². The van der Waals surface area contributed by atoms with Crippen LogP contribution in [0.25, 0.3) is 0 Å². The summed E-state index contributed by atoms with van der Waals surface area (Å²) in [7, 11) is 1.85. The summed E-state index contributed by atoms with van der Waals surface area (Å²) in [5.41, 5.74) is 0. The van der Waals surface area contributed by atoms with Crippen LogP contribution < -0.4 is 0 Å². The minimum atomic E-state index is 0.150. The van der Waals surface area contributed by atoms with Crippen LogP contribution in [0.15, 0.2) is 0 Å². The van der Waals surface area contributed by atoms with E-state index in [1.54, 1.807) is 11.8 Å². The van der Waals surface area contributed by atoms with Gasteiger partial charge in [-0.25, -0.2) is 0 Å². The van der Waals surface area contributed by atoms with E-state index in [-0.39, 0.29) is 5.91 Å². The number of hydrogen-bond donors (Lipinski definition) is 0. The highest BCUT2D eigenvalue weighted by Gasteiger charge is 2.13. The quantitative estimate of drug-likeness (QED) is 0.582. The Labute approximate surface area is 68.0 Å². The highest BCUT2D eigenvalue weighted by Crippen LogP contribution is 2.06. The molecule has 0 bridgehead atoms. The van der Waals surface area contributed by atoms with Crippen LogP contribution in [0.5, 0.6) is 0 Å². The van der Waals surface area contributed by atoms with Gasteiger partial charge < -0.3 is 4.90 Å². The molecule has 3 heteroatoms. The molecule has 1 heterocycles. The second-order valence-corrected chi connectivity index (χ2v) is 3.18. The summed E-state index contributed by atoms with van der Waals surface area (Å²) in [5, 5.41) is 0. The fraction of sp³-hybridized carbons (Fsp3) is 0.875. The van der Waals surface area contributed by atoms with Gasteiger partial charge in [0.1, 0.15) is 0 Å². The van der Waals surface area contributed by atoms with Crippen molar-refractivity contribution in [1.82, 2.24) is 9.80 Å². The molecule has 0 N–H and O–H groups in total. The fourth-order valence-electron chi connectivity index (χ4n) is 1.32. The average molecular weight is 156 g/mol. The van der Waals surface area contributed by atoms with E-state index in [0.717, 1.165) is 19.8 Å². The third-order valence-electron chi connectivity index (χ3n) is 2.15. The number of rotatable bonds is 2. The lowest BCUT2D eigenvalue weighted by molar-refractivity contribution is -0.129. The van der Waals surface area contributed by atoms with Crippen LogP contribution in [0.1, 0.15) is 19.8 Å². The van der Waals surface area contributed by atoms with Crippen molar-refractivity contribution >= 4 is 5.91 Å². The van der Waals surface area contributed by atoms with Gasteiger partial charge in [-0.05, 0) is 25.9 Å². The van der Waals surface area contributed by atoms with Crippen LogP contribution in [0.2, 0.25) is 0 Å². The maximum atomic E-state index is 10.8. The standard InChI is InChI=1S/C8H16N2O/c1-8(11)9(2)7-10-5-3-4-6-10/h3-7H2,1-2H3. The molecule has 0 aromatic carbocycles. The van der Waals surface area contributed by atoms with Gasteiger partial charge in [0, 0.05) is 14.0 Å². The van der Waals surface area contributed by atoms with Crippen LogP contribution in [-0.4, -0.2) is 42.5 Å². The molecule has 1 saturated heterocycles. The molecule has 0 aliphatic carbocycles. The molecular formula is C8H16N2O.